The maximum atomic E-state index is 13.2. The number of imide groups is 1. The van der Waals surface area contributed by atoms with Crippen molar-refractivity contribution in [3.8, 4) is 0 Å². The molecule has 1 aromatic heterocycles. The molecule has 1 fully saturated rings. The summed E-state index contributed by atoms with van der Waals surface area (Å²) in [7, 11) is 0. The van der Waals surface area contributed by atoms with Gasteiger partial charge in [-0.15, -0.1) is 10.2 Å². The topological polar surface area (TPSA) is 104 Å². The van der Waals surface area contributed by atoms with Crippen molar-refractivity contribution in [3.63, 3.8) is 0 Å². The maximum Gasteiger partial charge on any atom is 0.325 e. The summed E-state index contributed by atoms with van der Waals surface area (Å²) in [5.41, 5.74) is -0.929. The number of hydrogen-bond acceptors (Lipinski definition) is 6. The number of carbonyl (C=O) groups is 3. The Morgan fingerprint density at radius 1 is 1.12 bits per heavy atom. The molecule has 32 heavy (non-hydrogen) atoms. The number of anilines is 1. The number of halogens is 1. The van der Waals surface area contributed by atoms with Crippen LogP contribution in [0.25, 0.3) is 0 Å². The lowest BCUT2D eigenvalue weighted by molar-refractivity contribution is -0.133. The number of unbranched alkanes of at least 4 members (excludes halogenated alkanes) is 5. The molecule has 8 nitrogen and oxygen atoms in total. The van der Waals surface area contributed by atoms with Gasteiger partial charge in [0.05, 0.1) is 0 Å². The summed E-state index contributed by atoms with van der Waals surface area (Å²) >= 11 is 1.29. The van der Waals surface area contributed by atoms with Gasteiger partial charge < -0.3 is 5.32 Å². The monoisotopic (exact) mass is 461 g/mol. The molecule has 0 saturated carbocycles. The standard InChI is InChI=1S/C22H28FN5O3S/c1-3-4-5-6-7-8-9-18-26-27-20(32-18)24-17(29)14-28-19(30)22(2,25-21(28)31)15-10-12-16(23)13-11-15/h10-13H,3-9,14H2,1-2H3,(H,25,31)(H,24,27,29). The summed E-state index contributed by atoms with van der Waals surface area (Å²) < 4.78 is 13.2. The second kappa shape index (κ2) is 10.6. The number of benzene rings is 1. The van der Waals surface area contributed by atoms with Crippen LogP contribution >= 0.6 is 11.3 Å². The third-order valence-electron chi connectivity index (χ3n) is 5.46. The first-order valence-corrected chi connectivity index (χ1v) is 11.7. The highest BCUT2D eigenvalue weighted by atomic mass is 32.1. The summed E-state index contributed by atoms with van der Waals surface area (Å²) in [6.07, 6.45) is 7.90. The van der Waals surface area contributed by atoms with Crippen molar-refractivity contribution in [2.75, 3.05) is 11.9 Å². The fraction of sp³-hybridized carbons (Fsp3) is 0.500. The minimum atomic E-state index is -1.36. The van der Waals surface area contributed by atoms with Crippen molar-refractivity contribution in [1.82, 2.24) is 20.4 Å². The molecular weight excluding hydrogens is 433 g/mol. The van der Waals surface area contributed by atoms with Crippen LogP contribution in [0, 0.1) is 5.82 Å². The number of urea groups is 1. The van der Waals surface area contributed by atoms with E-state index in [2.05, 4.69) is 27.8 Å². The van der Waals surface area contributed by atoms with Gasteiger partial charge in [0.1, 0.15) is 22.9 Å². The van der Waals surface area contributed by atoms with Crippen molar-refractivity contribution in [2.45, 2.75) is 64.3 Å². The first-order valence-electron chi connectivity index (χ1n) is 10.9. The largest absolute Gasteiger partial charge is 0.325 e. The zero-order valence-electron chi connectivity index (χ0n) is 18.3. The van der Waals surface area contributed by atoms with Crippen LogP contribution in [0.1, 0.15) is 62.9 Å². The van der Waals surface area contributed by atoms with E-state index >= 15 is 0 Å². The van der Waals surface area contributed by atoms with Crippen molar-refractivity contribution < 1.29 is 18.8 Å². The molecule has 2 aromatic rings. The van der Waals surface area contributed by atoms with E-state index in [9.17, 15) is 18.8 Å². The third-order valence-corrected chi connectivity index (χ3v) is 6.35. The number of rotatable bonds is 11. The molecule has 0 spiro atoms. The van der Waals surface area contributed by atoms with Crippen LogP contribution in [0.5, 0.6) is 0 Å². The molecule has 0 aliphatic carbocycles. The molecule has 1 unspecified atom stereocenters. The number of aromatic nitrogens is 2. The molecule has 4 amide bonds. The van der Waals surface area contributed by atoms with Gasteiger partial charge in [-0.1, -0.05) is 62.5 Å². The Morgan fingerprint density at radius 2 is 1.81 bits per heavy atom. The molecule has 1 aliphatic rings. The molecular formula is C22H28FN5O3S. The number of nitrogens with zero attached hydrogens (tertiary/aromatic N) is 3. The number of amides is 4. The SMILES string of the molecule is CCCCCCCCc1nnc(NC(=O)CN2C(=O)NC(C)(c3ccc(F)cc3)C2=O)s1. The Hall–Kier alpha value is -2.88. The average molecular weight is 462 g/mol. The molecule has 0 bridgehead atoms. The van der Waals surface area contributed by atoms with E-state index in [0.717, 1.165) is 29.2 Å². The predicted octanol–water partition coefficient (Wildman–Crippen LogP) is 3.99. The Balaban J connectivity index is 1.52. The fourth-order valence-electron chi connectivity index (χ4n) is 3.58. The minimum Gasteiger partial charge on any atom is -0.319 e. The van der Waals surface area contributed by atoms with Gasteiger partial charge in [0.2, 0.25) is 11.0 Å². The van der Waals surface area contributed by atoms with Crippen LogP contribution in [0.2, 0.25) is 0 Å². The number of carbonyl (C=O) groups excluding carboxylic acids is 3. The fourth-order valence-corrected chi connectivity index (χ4v) is 4.38. The number of hydrogen-bond donors (Lipinski definition) is 2. The maximum absolute atomic E-state index is 13.2. The molecule has 3 rings (SSSR count). The first-order chi connectivity index (χ1) is 15.3. The molecule has 10 heteroatoms. The van der Waals surface area contributed by atoms with Gasteiger partial charge in [0.25, 0.3) is 5.91 Å². The first kappa shape index (κ1) is 23.8. The highest BCUT2D eigenvalue weighted by Gasteiger charge is 2.49. The smallest absolute Gasteiger partial charge is 0.319 e. The summed E-state index contributed by atoms with van der Waals surface area (Å²) in [6.45, 7) is 3.26. The van der Waals surface area contributed by atoms with Crippen molar-refractivity contribution in [2.24, 2.45) is 0 Å². The normalized spacial score (nSPS) is 18.2. The van der Waals surface area contributed by atoms with E-state index < -0.39 is 35.7 Å². The zero-order valence-corrected chi connectivity index (χ0v) is 19.1. The van der Waals surface area contributed by atoms with E-state index in [-0.39, 0.29) is 0 Å². The summed E-state index contributed by atoms with van der Waals surface area (Å²) in [4.78, 5) is 38.5. The molecule has 0 radical (unpaired) electrons. The van der Waals surface area contributed by atoms with E-state index in [1.807, 2.05) is 0 Å². The Bertz CT molecular complexity index is 965. The van der Waals surface area contributed by atoms with Gasteiger partial charge in [-0.05, 0) is 31.0 Å². The summed E-state index contributed by atoms with van der Waals surface area (Å²) in [5, 5.41) is 14.5. The van der Waals surface area contributed by atoms with Gasteiger partial charge >= 0.3 is 6.03 Å². The molecule has 2 N–H and O–H groups in total. The molecule has 1 aromatic carbocycles. The second-order valence-corrected chi connectivity index (χ2v) is 9.08. The third kappa shape index (κ3) is 5.67. The van der Waals surface area contributed by atoms with Gasteiger partial charge in [0, 0.05) is 6.42 Å². The number of nitrogens with one attached hydrogen (secondary N) is 2. The highest BCUT2D eigenvalue weighted by Crippen LogP contribution is 2.29. The van der Waals surface area contributed by atoms with E-state index in [0.29, 0.717) is 10.7 Å². The van der Waals surface area contributed by atoms with Gasteiger partial charge in [-0.2, -0.15) is 0 Å². The Labute approximate surface area is 190 Å². The lowest BCUT2D eigenvalue weighted by Crippen LogP contribution is -2.42. The molecule has 172 valence electrons. The summed E-state index contributed by atoms with van der Waals surface area (Å²) in [5.74, 6) is -1.57. The number of aryl methyl sites for hydroxylation is 1. The molecule has 2 heterocycles. The quantitative estimate of drug-likeness (QED) is 0.389. The van der Waals surface area contributed by atoms with Gasteiger partial charge in [-0.3, -0.25) is 19.8 Å². The van der Waals surface area contributed by atoms with Gasteiger partial charge in [0.15, 0.2) is 0 Å². The van der Waals surface area contributed by atoms with Crippen LogP contribution in [0.4, 0.5) is 14.3 Å². The predicted molar refractivity (Wildman–Crippen MR) is 120 cm³/mol. The van der Waals surface area contributed by atoms with Crippen LogP contribution in [0.15, 0.2) is 24.3 Å². The van der Waals surface area contributed by atoms with Crippen LogP contribution in [0.3, 0.4) is 0 Å². The van der Waals surface area contributed by atoms with Crippen LogP contribution < -0.4 is 10.6 Å². The van der Waals surface area contributed by atoms with Gasteiger partial charge in [-0.25, -0.2) is 9.18 Å². The zero-order chi connectivity index (χ0) is 23.1. The lowest BCUT2D eigenvalue weighted by atomic mass is 9.92. The van der Waals surface area contributed by atoms with Crippen LogP contribution in [-0.2, 0) is 21.5 Å². The van der Waals surface area contributed by atoms with Crippen LogP contribution in [-0.4, -0.2) is 39.5 Å². The van der Waals surface area contributed by atoms with Crippen molar-refractivity contribution in [3.05, 3.63) is 40.7 Å². The molecule has 1 aliphatic heterocycles. The minimum absolute atomic E-state index is 0.337. The molecule has 1 saturated heterocycles. The van der Waals surface area contributed by atoms with Crippen molar-refractivity contribution >= 4 is 34.3 Å². The second-order valence-electron chi connectivity index (χ2n) is 8.02. The molecule has 1 atom stereocenters. The van der Waals surface area contributed by atoms with E-state index in [4.69, 9.17) is 0 Å². The Morgan fingerprint density at radius 3 is 2.53 bits per heavy atom. The average Bonchev–Trinajstić information content (AvgIpc) is 3.29. The highest BCUT2D eigenvalue weighted by molar-refractivity contribution is 7.15. The van der Waals surface area contributed by atoms with E-state index in [1.165, 1.54) is 68.2 Å². The van der Waals surface area contributed by atoms with Crippen molar-refractivity contribution in [1.29, 1.82) is 0 Å². The summed E-state index contributed by atoms with van der Waals surface area (Å²) in [6, 6.07) is 4.62. The van der Waals surface area contributed by atoms with E-state index in [1.54, 1.807) is 0 Å². The lowest BCUT2D eigenvalue weighted by Gasteiger charge is -2.22. The Kier molecular flexibility index (Phi) is 7.89.